The van der Waals surface area contributed by atoms with E-state index in [2.05, 4.69) is 42.2 Å². The monoisotopic (exact) mass is 258 g/mol. The normalized spacial score (nSPS) is 12.1. The van der Waals surface area contributed by atoms with Crippen LogP contribution in [0.15, 0.2) is 30.9 Å². The number of hydrogen-bond donors (Lipinski definition) is 1. The SMILES string of the molecule is CC(C)C(C)(C)Cn1cncc1-c1cccnc1N. The highest BCUT2D eigenvalue weighted by Crippen LogP contribution is 2.31. The van der Waals surface area contributed by atoms with Crippen LogP contribution in [0.25, 0.3) is 11.3 Å². The van der Waals surface area contributed by atoms with E-state index in [9.17, 15) is 0 Å². The third-order valence-corrected chi connectivity index (χ3v) is 3.97. The van der Waals surface area contributed by atoms with E-state index in [1.165, 1.54) is 0 Å². The molecule has 0 amide bonds. The van der Waals surface area contributed by atoms with Gasteiger partial charge in [-0.1, -0.05) is 27.7 Å². The molecule has 0 radical (unpaired) electrons. The molecule has 2 N–H and O–H groups in total. The summed E-state index contributed by atoms with van der Waals surface area (Å²) >= 11 is 0. The highest BCUT2D eigenvalue weighted by molar-refractivity contribution is 5.70. The third-order valence-electron chi connectivity index (χ3n) is 3.97. The van der Waals surface area contributed by atoms with E-state index in [0.717, 1.165) is 17.8 Å². The number of hydrogen-bond acceptors (Lipinski definition) is 3. The molecule has 0 aliphatic heterocycles. The van der Waals surface area contributed by atoms with E-state index < -0.39 is 0 Å². The number of nitrogen functional groups attached to an aromatic ring is 1. The van der Waals surface area contributed by atoms with Gasteiger partial charge >= 0.3 is 0 Å². The summed E-state index contributed by atoms with van der Waals surface area (Å²) in [6.07, 6.45) is 5.42. The van der Waals surface area contributed by atoms with Gasteiger partial charge in [-0.2, -0.15) is 0 Å². The molecule has 2 rings (SSSR count). The van der Waals surface area contributed by atoms with Crippen LogP contribution in [0.2, 0.25) is 0 Å². The van der Waals surface area contributed by atoms with E-state index >= 15 is 0 Å². The molecule has 19 heavy (non-hydrogen) atoms. The smallest absolute Gasteiger partial charge is 0.132 e. The first-order valence-corrected chi connectivity index (χ1v) is 6.63. The van der Waals surface area contributed by atoms with Crippen LogP contribution in [0.5, 0.6) is 0 Å². The Hall–Kier alpha value is -1.84. The van der Waals surface area contributed by atoms with Crippen LogP contribution >= 0.6 is 0 Å². The van der Waals surface area contributed by atoms with Gasteiger partial charge in [0.2, 0.25) is 0 Å². The molecule has 0 unspecified atom stereocenters. The summed E-state index contributed by atoms with van der Waals surface area (Å²) in [5, 5.41) is 0. The molecule has 0 saturated heterocycles. The number of pyridine rings is 1. The molecule has 2 aromatic rings. The van der Waals surface area contributed by atoms with Crippen molar-refractivity contribution in [3.05, 3.63) is 30.9 Å². The molecule has 0 bridgehead atoms. The van der Waals surface area contributed by atoms with Crippen molar-refractivity contribution >= 4 is 5.82 Å². The van der Waals surface area contributed by atoms with Crippen LogP contribution in [0, 0.1) is 11.3 Å². The Balaban J connectivity index is 2.36. The Morgan fingerprint density at radius 1 is 1.37 bits per heavy atom. The number of rotatable bonds is 4. The minimum atomic E-state index is 0.201. The summed E-state index contributed by atoms with van der Waals surface area (Å²) in [5.74, 6) is 1.14. The predicted molar refractivity (Wildman–Crippen MR) is 78.5 cm³/mol. The first kappa shape index (κ1) is 13.6. The van der Waals surface area contributed by atoms with Crippen LogP contribution in [-0.2, 0) is 6.54 Å². The van der Waals surface area contributed by atoms with Crippen molar-refractivity contribution < 1.29 is 0 Å². The fraction of sp³-hybridized carbons (Fsp3) is 0.467. The number of nitrogens with zero attached hydrogens (tertiary/aromatic N) is 3. The average Bonchev–Trinajstić information content (AvgIpc) is 2.77. The molecule has 0 atom stereocenters. The highest BCUT2D eigenvalue weighted by atomic mass is 15.1. The summed E-state index contributed by atoms with van der Waals surface area (Å²) < 4.78 is 2.16. The summed E-state index contributed by atoms with van der Waals surface area (Å²) in [5.41, 5.74) is 8.12. The topological polar surface area (TPSA) is 56.7 Å². The first-order valence-electron chi connectivity index (χ1n) is 6.63. The zero-order valence-corrected chi connectivity index (χ0v) is 12.1. The van der Waals surface area contributed by atoms with Crippen molar-refractivity contribution in [2.45, 2.75) is 34.2 Å². The van der Waals surface area contributed by atoms with E-state index in [4.69, 9.17) is 5.73 Å². The standard InChI is InChI=1S/C15H22N4/c1-11(2)15(3,4)9-19-10-17-8-13(19)12-6-5-7-18-14(12)16/h5-8,10-11H,9H2,1-4H3,(H2,16,18). The summed E-state index contributed by atoms with van der Waals surface area (Å²) in [6.45, 7) is 9.94. The number of anilines is 1. The van der Waals surface area contributed by atoms with E-state index in [1.807, 2.05) is 24.7 Å². The summed E-state index contributed by atoms with van der Waals surface area (Å²) in [6, 6.07) is 3.88. The fourth-order valence-electron chi connectivity index (χ4n) is 1.93. The van der Waals surface area contributed by atoms with Crippen LogP contribution in [-0.4, -0.2) is 14.5 Å². The predicted octanol–water partition coefficient (Wildman–Crippen LogP) is 3.21. The Morgan fingerprint density at radius 3 is 2.74 bits per heavy atom. The second-order valence-corrected chi connectivity index (χ2v) is 5.99. The van der Waals surface area contributed by atoms with E-state index in [0.29, 0.717) is 11.7 Å². The molecule has 0 spiro atoms. The Bertz CT molecular complexity index is 555. The van der Waals surface area contributed by atoms with Crippen LogP contribution < -0.4 is 5.73 Å². The first-order chi connectivity index (χ1) is 8.92. The van der Waals surface area contributed by atoms with E-state index in [-0.39, 0.29) is 5.41 Å². The third kappa shape index (κ3) is 2.78. The molecule has 2 heterocycles. The minimum Gasteiger partial charge on any atom is -0.383 e. The van der Waals surface area contributed by atoms with Gasteiger partial charge in [0.1, 0.15) is 5.82 Å². The number of aromatic nitrogens is 3. The largest absolute Gasteiger partial charge is 0.383 e. The molecule has 102 valence electrons. The van der Waals surface area contributed by atoms with Gasteiger partial charge in [0.25, 0.3) is 0 Å². The molecule has 0 fully saturated rings. The molecular weight excluding hydrogens is 236 g/mol. The molecular formula is C15H22N4. The van der Waals surface area contributed by atoms with Crippen molar-refractivity contribution in [1.82, 2.24) is 14.5 Å². The van der Waals surface area contributed by atoms with Crippen molar-refractivity contribution in [2.24, 2.45) is 11.3 Å². The van der Waals surface area contributed by atoms with Crippen LogP contribution in [0.4, 0.5) is 5.82 Å². The maximum absolute atomic E-state index is 5.95. The molecule has 0 aliphatic rings. The van der Waals surface area contributed by atoms with Gasteiger partial charge in [-0.3, -0.25) is 0 Å². The van der Waals surface area contributed by atoms with Crippen LogP contribution in [0.3, 0.4) is 0 Å². The molecule has 2 aromatic heterocycles. The van der Waals surface area contributed by atoms with E-state index in [1.54, 1.807) is 6.20 Å². The Kier molecular flexibility index (Phi) is 3.60. The number of nitrogens with two attached hydrogens (primary N) is 1. The van der Waals surface area contributed by atoms with Gasteiger partial charge in [0, 0.05) is 18.3 Å². The Morgan fingerprint density at radius 2 is 2.11 bits per heavy atom. The maximum atomic E-state index is 5.95. The highest BCUT2D eigenvalue weighted by Gasteiger charge is 2.24. The number of imidazole rings is 1. The molecule has 0 saturated carbocycles. The van der Waals surface area contributed by atoms with Gasteiger partial charge in [-0.05, 0) is 23.5 Å². The summed E-state index contributed by atoms with van der Waals surface area (Å²) in [7, 11) is 0. The zero-order valence-electron chi connectivity index (χ0n) is 12.1. The van der Waals surface area contributed by atoms with Gasteiger partial charge in [-0.15, -0.1) is 0 Å². The lowest BCUT2D eigenvalue weighted by Crippen LogP contribution is -2.25. The van der Waals surface area contributed by atoms with Crippen molar-refractivity contribution in [3.8, 4) is 11.3 Å². The molecule has 4 heteroatoms. The van der Waals surface area contributed by atoms with Crippen molar-refractivity contribution in [3.63, 3.8) is 0 Å². The second kappa shape index (κ2) is 5.03. The Labute approximate surface area is 114 Å². The van der Waals surface area contributed by atoms with Gasteiger partial charge in [0.05, 0.1) is 18.2 Å². The quantitative estimate of drug-likeness (QED) is 0.916. The summed E-state index contributed by atoms with van der Waals surface area (Å²) in [4.78, 5) is 8.41. The van der Waals surface area contributed by atoms with Crippen LogP contribution in [0.1, 0.15) is 27.7 Å². The van der Waals surface area contributed by atoms with Gasteiger partial charge in [-0.25, -0.2) is 9.97 Å². The average molecular weight is 258 g/mol. The lowest BCUT2D eigenvalue weighted by atomic mass is 9.81. The van der Waals surface area contributed by atoms with Gasteiger partial charge in [0.15, 0.2) is 0 Å². The van der Waals surface area contributed by atoms with Gasteiger partial charge < -0.3 is 10.3 Å². The minimum absolute atomic E-state index is 0.201. The van der Waals surface area contributed by atoms with Crippen molar-refractivity contribution in [2.75, 3.05) is 5.73 Å². The maximum Gasteiger partial charge on any atom is 0.132 e. The van der Waals surface area contributed by atoms with Crippen molar-refractivity contribution in [1.29, 1.82) is 0 Å². The molecule has 4 nitrogen and oxygen atoms in total. The fourth-order valence-corrected chi connectivity index (χ4v) is 1.93. The lowest BCUT2D eigenvalue weighted by Gasteiger charge is -2.30. The molecule has 0 aliphatic carbocycles. The lowest BCUT2D eigenvalue weighted by molar-refractivity contribution is 0.211. The molecule has 0 aromatic carbocycles. The zero-order chi connectivity index (χ0) is 14.0. The second-order valence-electron chi connectivity index (χ2n) is 5.99.